The van der Waals surface area contributed by atoms with Crippen LogP contribution in [0.3, 0.4) is 0 Å². The molecule has 0 atom stereocenters. The molecule has 1 rings (SSSR count). The first-order valence-corrected chi connectivity index (χ1v) is 7.13. The Labute approximate surface area is 105 Å². The smallest absolute Gasteiger partial charge is 0.119 e. The molecule has 1 nitrogen and oxygen atoms in total. The lowest BCUT2D eigenvalue weighted by Crippen LogP contribution is -1.88. The first-order chi connectivity index (χ1) is 7.27. The summed E-state index contributed by atoms with van der Waals surface area (Å²) in [6.07, 6.45) is 2.57. The normalized spacial score (nSPS) is 10.3. The molecule has 1 aromatic rings. The van der Waals surface area contributed by atoms with Crippen molar-refractivity contribution in [1.82, 2.24) is 0 Å². The largest absolute Gasteiger partial charge is 0.497 e. The molecule has 84 valence electrons. The van der Waals surface area contributed by atoms with Gasteiger partial charge in [0.15, 0.2) is 0 Å². The Kier molecular flexibility index (Phi) is 6.18. The van der Waals surface area contributed by atoms with Crippen LogP contribution >= 0.6 is 27.7 Å². The van der Waals surface area contributed by atoms with Crippen LogP contribution in [0.4, 0.5) is 0 Å². The number of hydrogen-bond donors (Lipinski definition) is 0. The minimum Gasteiger partial charge on any atom is -0.497 e. The molecule has 0 spiro atoms. The predicted molar refractivity (Wildman–Crippen MR) is 71.8 cm³/mol. The van der Waals surface area contributed by atoms with Gasteiger partial charge in [0.25, 0.3) is 0 Å². The summed E-state index contributed by atoms with van der Waals surface area (Å²) < 4.78 is 6.38. The summed E-state index contributed by atoms with van der Waals surface area (Å²) in [6, 6.07) is 6.13. The molecule has 0 unspecified atom stereocenters. The van der Waals surface area contributed by atoms with Crippen molar-refractivity contribution in [2.24, 2.45) is 0 Å². The van der Waals surface area contributed by atoms with E-state index in [1.807, 2.05) is 17.8 Å². The highest BCUT2D eigenvalue weighted by molar-refractivity contribution is 9.10. The van der Waals surface area contributed by atoms with E-state index in [1.54, 1.807) is 7.11 Å². The molecular formula is C12H17BrOS. The number of rotatable bonds is 6. The first kappa shape index (κ1) is 12.9. The zero-order valence-electron chi connectivity index (χ0n) is 9.25. The van der Waals surface area contributed by atoms with E-state index in [9.17, 15) is 0 Å². The molecule has 1 aromatic carbocycles. The van der Waals surface area contributed by atoms with Crippen molar-refractivity contribution in [2.45, 2.75) is 25.5 Å². The van der Waals surface area contributed by atoms with Crippen LogP contribution in [0.25, 0.3) is 0 Å². The lowest BCUT2D eigenvalue weighted by atomic mass is 10.2. The van der Waals surface area contributed by atoms with Gasteiger partial charge in [-0.25, -0.2) is 0 Å². The van der Waals surface area contributed by atoms with E-state index in [0.29, 0.717) is 0 Å². The number of halogens is 1. The summed E-state index contributed by atoms with van der Waals surface area (Å²) in [5, 5.41) is 0. The summed E-state index contributed by atoms with van der Waals surface area (Å²) in [5.41, 5.74) is 1.32. The van der Waals surface area contributed by atoms with Gasteiger partial charge in [-0.05, 0) is 35.9 Å². The summed E-state index contributed by atoms with van der Waals surface area (Å²) >= 11 is 5.54. The zero-order valence-corrected chi connectivity index (χ0v) is 11.7. The summed E-state index contributed by atoms with van der Waals surface area (Å²) in [5.74, 6) is 3.22. The minimum atomic E-state index is 0.935. The van der Waals surface area contributed by atoms with Gasteiger partial charge in [-0.1, -0.05) is 29.3 Å². The number of benzene rings is 1. The lowest BCUT2D eigenvalue weighted by Gasteiger charge is -2.06. The van der Waals surface area contributed by atoms with Crippen molar-refractivity contribution in [1.29, 1.82) is 0 Å². The molecule has 0 heterocycles. The summed E-state index contributed by atoms with van der Waals surface area (Å²) in [7, 11) is 1.71. The van der Waals surface area contributed by atoms with Crippen LogP contribution in [0.5, 0.6) is 5.75 Å². The zero-order chi connectivity index (χ0) is 11.1. The van der Waals surface area contributed by atoms with Crippen molar-refractivity contribution >= 4 is 27.7 Å². The monoisotopic (exact) mass is 288 g/mol. The van der Waals surface area contributed by atoms with E-state index in [1.165, 1.54) is 28.6 Å². The van der Waals surface area contributed by atoms with E-state index in [0.717, 1.165) is 11.5 Å². The maximum absolute atomic E-state index is 5.21. The van der Waals surface area contributed by atoms with Crippen LogP contribution in [0, 0.1) is 0 Å². The van der Waals surface area contributed by atoms with Crippen molar-refractivity contribution in [3.05, 3.63) is 28.2 Å². The van der Waals surface area contributed by atoms with Gasteiger partial charge in [0.05, 0.1) is 7.11 Å². The third-order valence-corrected chi connectivity index (χ3v) is 4.02. The van der Waals surface area contributed by atoms with E-state index in [-0.39, 0.29) is 0 Å². The Morgan fingerprint density at radius 1 is 1.40 bits per heavy atom. The quantitative estimate of drug-likeness (QED) is 0.713. The molecule has 0 aromatic heterocycles. The van der Waals surface area contributed by atoms with Crippen LogP contribution in [-0.2, 0) is 5.75 Å². The Morgan fingerprint density at radius 3 is 2.87 bits per heavy atom. The van der Waals surface area contributed by atoms with Crippen LogP contribution in [0.15, 0.2) is 22.7 Å². The van der Waals surface area contributed by atoms with E-state index >= 15 is 0 Å². The van der Waals surface area contributed by atoms with Gasteiger partial charge in [-0.15, -0.1) is 0 Å². The van der Waals surface area contributed by atoms with Crippen LogP contribution in [0.2, 0.25) is 0 Å². The molecule has 0 saturated carbocycles. The van der Waals surface area contributed by atoms with Crippen molar-refractivity contribution < 1.29 is 4.74 Å². The Balaban J connectivity index is 2.51. The topological polar surface area (TPSA) is 9.23 Å². The standard InChI is InChI=1S/C12H17BrOS/c1-3-4-7-15-9-10-8-11(14-2)5-6-12(10)13/h5-6,8H,3-4,7,9H2,1-2H3. The van der Waals surface area contributed by atoms with E-state index in [4.69, 9.17) is 4.74 Å². The number of hydrogen-bond acceptors (Lipinski definition) is 2. The third kappa shape index (κ3) is 4.47. The van der Waals surface area contributed by atoms with Gasteiger partial charge in [0.1, 0.15) is 5.75 Å². The highest BCUT2D eigenvalue weighted by atomic mass is 79.9. The van der Waals surface area contributed by atoms with Gasteiger partial charge >= 0.3 is 0 Å². The molecule has 3 heteroatoms. The van der Waals surface area contributed by atoms with Gasteiger partial charge < -0.3 is 4.74 Å². The Bertz CT molecular complexity index is 302. The molecule has 0 N–H and O–H groups in total. The molecule has 0 radical (unpaired) electrons. The average molecular weight is 289 g/mol. The third-order valence-electron chi connectivity index (χ3n) is 2.15. The molecule has 0 aliphatic rings. The van der Waals surface area contributed by atoms with Crippen molar-refractivity contribution in [3.8, 4) is 5.75 Å². The fourth-order valence-electron chi connectivity index (χ4n) is 1.22. The molecule has 15 heavy (non-hydrogen) atoms. The van der Waals surface area contributed by atoms with E-state index in [2.05, 4.69) is 35.0 Å². The second kappa shape index (κ2) is 7.18. The fourth-order valence-corrected chi connectivity index (χ4v) is 2.89. The minimum absolute atomic E-state index is 0.935. The Morgan fingerprint density at radius 2 is 2.20 bits per heavy atom. The van der Waals surface area contributed by atoms with Crippen LogP contribution in [-0.4, -0.2) is 12.9 Å². The maximum atomic E-state index is 5.21. The highest BCUT2D eigenvalue weighted by Crippen LogP contribution is 2.26. The van der Waals surface area contributed by atoms with Gasteiger partial charge in [0, 0.05) is 10.2 Å². The summed E-state index contributed by atoms with van der Waals surface area (Å²) in [4.78, 5) is 0. The molecule has 0 bridgehead atoms. The molecule has 0 aliphatic heterocycles. The summed E-state index contributed by atoms with van der Waals surface area (Å²) in [6.45, 7) is 2.22. The number of unbranched alkanes of at least 4 members (excludes halogenated alkanes) is 1. The van der Waals surface area contributed by atoms with Crippen LogP contribution in [0.1, 0.15) is 25.3 Å². The maximum Gasteiger partial charge on any atom is 0.119 e. The van der Waals surface area contributed by atoms with Gasteiger partial charge in [0.2, 0.25) is 0 Å². The second-order valence-electron chi connectivity index (χ2n) is 3.36. The molecule has 0 saturated heterocycles. The SMILES string of the molecule is CCCCSCc1cc(OC)ccc1Br. The van der Waals surface area contributed by atoms with Crippen molar-refractivity contribution in [3.63, 3.8) is 0 Å². The molecular weight excluding hydrogens is 272 g/mol. The van der Waals surface area contributed by atoms with Crippen LogP contribution < -0.4 is 4.74 Å². The van der Waals surface area contributed by atoms with Gasteiger partial charge in [-0.2, -0.15) is 11.8 Å². The number of ether oxygens (including phenoxy) is 1. The van der Waals surface area contributed by atoms with Crippen molar-refractivity contribution in [2.75, 3.05) is 12.9 Å². The van der Waals surface area contributed by atoms with Gasteiger partial charge in [-0.3, -0.25) is 0 Å². The molecule has 0 aliphatic carbocycles. The second-order valence-corrected chi connectivity index (χ2v) is 5.32. The molecule has 0 fully saturated rings. The predicted octanol–water partition coefficient (Wildman–Crippen LogP) is 4.49. The number of thioether (sulfide) groups is 1. The highest BCUT2D eigenvalue weighted by Gasteiger charge is 2.01. The lowest BCUT2D eigenvalue weighted by molar-refractivity contribution is 0.414. The molecule has 0 amide bonds. The fraction of sp³-hybridized carbons (Fsp3) is 0.500. The average Bonchev–Trinajstić information content (AvgIpc) is 2.26. The Hall–Kier alpha value is -0.150. The first-order valence-electron chi connectivity index (χ1n) is 5.18. The number of methoxy groups -OCH3 is 1. The van der Waals surface area contributed by atoms with E-state index < -0.39 is 0 Å².